The van der Waals surface area contributed by atoms with Crippen LogP contribution in [0.2, 0.25) is 0 Å². The third-order valence-corrected chi connectivity index (χ3v) is 5.18. The van der Waals surface area contributed by atoms with Gasteiger partial charge in [0.05, 0.1) is 10.5 Å². The molecular formula is C21H20FNO2S. The lowest BCUT2D eigenvalue weighted by molar-refractivity contribution is -0.137. The van der Waals surface area contributed by atoms with Crippen LogP contribution in [0.4, 0.5) is 4.39 Å². The molecule has 2 aromatic carbocycles. The largest absolute Gasteiger partial charge is 0.274 e. The minimum Gasteiger partial charge on any atom is -0.274 e. The van der Waals surface area contributed by atoms with E-state index in [0.717, 1.165) is 5.56 Å². The van der Waals surface area contributed by atoms with Crippen LogP contribution in [-0.4, -0.2) is 23.3 Å². The second-order valence-electron chi connectivity index (χ2n) is 6.60. The molecule has 0 atom stereocenters. The van der Waals surface area contributed by atoms with Crippen molar-refractivity contribution in [3.63, 3.8) is 0 Å². The van der Waals surface area contributed by atoms with Crippen molar-refractivity contribution in [3.8, 4) is 0 Å². The molecule has 1 heterocycles. The lowest BCUT2D eigenvalue weighted by Gasteiger charge is -2.17. The van der Waals surface area contributed by atoms with Crippen LogP contribution < -0.4 is 0 Å². The number of thioether (sulfide) groups is 1. The fourth-order valence-electron chi connectivity index (χ4n) is 2.82. The number of nitrogens with zero attached hydrogens (tertiary/aromatic N) is 1. The Kier molecular flexibility index (Phi) is 5.57. The van der Waals surface area contributed by atoms with Gasteiger partial charge < -0.3 is 0 Å². The fraction of sp³-hybridized carbons (Fsp3) is 0.238. The molecule has 26 heavy (non-hydrogen) atoms. The van der Waals surface area contributed by atoms with Crippen molar-refractivity contribution in [2.24, 2.45) is 5.92 Å². The van der Waals surface area contributed by atoms with E-state index in [-0.39, 0.29) is 23.5 Å². The number of hydrogen-bond acceptors (Lipinski definition) is 3. The summed E-state index contributed by atoms with van der Waals surface area (Å²) in [6, 6.07) is 15.5. The predicted molar refractivity (Wildman–Crippen MR) is 103 cm³/mol. The van der Waals surface area contributed by atoms with Crippen LogP contribution in [0.1, 0.15) is 25.0 Å². The quantitative estimate of drug-likeness (QED) is 0.704. The van der Waals surface area contributed by atoms with Gasteiger partial charge in [-0.3, -0.25) is 14.5 Å². The first-order valence-corrected chi connectivity index (χ1v) is 9.49. The SMILES string of the molecule is CC(C)CN1C(=O)C(SCc2ccccc2)=C(c2ccc(F)cc2)C1=O. The van der Waals surface area contributed by atoms with Gasteiger partial charge in [-0.25, -0.2) is 4.39 Å². The summed E-state index contributed by atoms with van der Waals surface area (Å²) in [7, 11) is 0. The molecule has 0 fully saturated rings. The summed E-state index contributed by atoms with van der Waals surface area (Å²) in [5.74, 6) is -0.163. The van der Waals surface area contributed by atoms with Gasteiger partial charge in [-0.2, -0.15) is 0 Å². The minimum atomic E-state index is -0.372. The Morgan fingerprint density at radius 2 is 1.62 bits per heavy atom. The van der Waals surface area contributed by atoms with Crippen LogP contribution >= 0.6 is 11.8 Å². The highest BCUT2D eigenvalue weighted by Crippen LogP contribution is 2.37. The van der Waals surface area contributed by atoms with E-state index in [1.165, 1.54) is 28.8 Å². The molecule has 0 saturated heterocycles. The molecule has 2 amide bonds. The summed E-state index contributed by atoms with van der Waals surface area (Å²) in [6.07, 6.45) is 0. The van der Waals surface area contributed by atoms with E-state index in [4.69, 9.17) is 0 Å². The Bertz CT molecular complexity index is 844. The molecule has 0 bridgehead atoms. The summed E-state index contributed by atoms with van der Waals surface area (Å²) in [6.45, 7) is 4.30. The van der Waals surface area contributed by atoms with Gasteiger partial charge in [-0.15, -0.1) is 11.8 Å². The molecule has 1 aliphatic heterocycles. The Labute approximate surface area is 156 Å². The highest BCUT2D eigenvalue weighted by atomic mass is 32.2. The summed E-state index contributed by atoms with van der Waals surface area (Å²) in [4.78, 5) is 27.5. The summed E-state index contributed by atoms with van der Waals surface area (Å²) >= 11 is 1.36. The van der Waals surface area contributed by atoms with E-state index in [1.54, 1.807) is 12.1 Å². The van der Waals surface area contributed by atoms with Crippen LogP contribution in [0, 0.1) is 11.7 Å². The molecule has 134 valence electrons. The van der Waals surface area contributed by atoms with Crippen molar-refractivity contribution in [1.82, 2.24) is 4.90 Å². The fourth-order valence-corrected chi connectivity index (χ4v) is 3.91. The van der Waals surface area contributed by atoms with Crippen molar-refractivity contribution >= 4 is 29.1 Å². The number of imide groups is 1. The zero-order chi connectivity index (χ0) is 18.7. The third kappa shape index (κ3) is 3.88. The first-order valence-electron chi connectivity index (χ1n) is 8.50. The number of carbonyl (C=O) groups excluding carboxylic acids is 2. The average molecular weight is 369 g/mol. The molecule has 2 aromatic rings. The summed E-state index contributed by atoms with van der Waals surface area (Å²) < 4.78 is 13.3. The van der Waals surface area contributed by atoms with Crippen molar-refractivity contribution < 1.29 is 14.0 Å². The van der Waals surface area contributed by atoms with E-state index in [2.05, 4.69) is 0 Å². The lowest BCUT2D eigenvalue weighted by atomic mass is 10.1. The van der Waals surface area contributed by atoms with Crippen LogP contribution in [0.15, 0.2) is 59.5 Å². The first-order chi connectivity index (χ1) is 12.5. The monoisotopic (exact) mass is 369 g/mol. The Balaban J connectivity index is 1.95. The molecule has 3 rings (SSSR count). The van der Waals surface area contributed by atoms with Gasteiger partial charge in [-0.05, 0) is 29.2 Å². The molecule has 1 aliphatic rings. The van der Waals surface area contributed by atoms with E-state index in [9.17, 15) is 14.0 Å². The standard InChI is InChI=1S/C21H20FNO2S/c1-14(2)12-23-20(24)18(16-8-10-17(22)11-9-16)19(21(23)25)26-13-15-6-4-3-5-7-15/h3-11,14H,12-13H2,1-2H3. The smallest absolute Gasteiger partial charge is 0.268 e. The number of carbonyl (C=O) groups is 2. The Morgan fingerprint density at radius 1 is 0.962 bits per heavy atom. The van der Waals surface area contributed by atoms with Gasteiger partial charge in [0.2, 0.25) is 0 Å². The van der Waals surface area contributed by atoms with Gasteiger partial charge in [0.25, 0.3) is 11.8 Å². The molecular weight excluding hydrogens is 349 g/mol. The summed E-state index contributed by atoms with van der Waals surface area (Å²) in [5.41, 5.74) is 2.02. The van der Waals surface area contributed by atoms with Crippen molar-refractivity contribution in [3.05, 3.63) is 76.4 Å². The number of benzene rings is 2. The van der Waals surface area contributed by atoms with Crippen LogP contribution in [0.5, 0.6) is 0 Å². The molecule has 5 heteroatoms. The van der Waals surface area contributed by atoms with Crippen molar-refractivity contribution in [2.75, 3.05) is 6.54 Å². The molecule has 0 aliphatic carbocycles. The maximum absolute atomic E-state index is 13.3. The highest BCUT2D eigenvalue weighted by molar-refractivity contribution is 8.03. The maximum atomic E-state index is 13.3. The van der Waals surface area contributed by atoms with Gasteiger partial charge in [0, 0.05) is 12.3 Å². The van der Waals surface area contributed by atoms with E-state index in [1.807, 2.05) is 44.2 Å². The number of rotatable bonds is 6. The van der Waals surface area contributed by atoms with Crippen LogP contribution in [0.3, 0.4) is 0 Å². The normalized spacial score (nSPS) is 14.7. The molecule has 0 unspecified atom stereocenters. The topological polar surface area (TPSA) is 37.4 Å². The van der Waals surface area contributed by atoms with Gasteiger partial charge in [0.1, 0.15) is 5.82 Å². The second kappa shape index (κ2) is 7.87. The Morgan fingerprint density at radius 3 is 2.23 bits per heavy atom. The molecule has 0 aromatic heterocycles. The lowest BCUT2D eigenvalue weighted by Crippen LogP contribution is -2.34. The second-order valence-corrected chi connectivity index (χ2v) is 7.59. The molecule has 3 nitrogen and oxygen atoms in total. The van der Waals surface area contributed by atoms with Gasteiger partial charge >= 0.3 is 0 Å². The first kappa shape index (κ1) is 18.4. The minimum absolute atomic E-state index is 0.177. The molecule has 0 radical (unpaired) electrons. The molecule has 0 N–H and O–H groups in total. The number of halogens is 1. The molecule has 0 spiro atoms. The van der Waals surface area contributed by atoms with Crippen LogP contribution in [-0.2, 0) is 15.3 Å². The van der Waals surface area contributed by atoms with Gasteiger partial charge in [-0.1, -0.05) is 56.3 Å². The van der Waals surface area contributed by atoms with E-state index in [0.29, 0.717) is 28.3 Å². The van der Waals surface area contributed by atoms with Crippen molar-refractivity contribution in [2.45, 2.75) is 19.6 Å². The average Bonchev–Trinajstić information content (AvgIpc) is 2.85. The van der Waals surface area contributed by atoms with Crippen LogP contribution in [0.25, 0.3) is 5.57 Å². The number of hydrogen-bond donors (Lipinski definition) is 0. The van der Waals surface area contributed by atoms with E-state index >= 15 is 0 Å². The predicted octanol–water partition coefficient (Wildman–Crippen LogP) is 4.50. The number of amides is 2. The van der Waals surface area contributed by atoms with Crippen molar-refractivity contribution in [1.29, 1.82) is 0 Å². The third-order valence-electron chi connectivity index (χ3n) is 4.03. The Hall–Kier alpha value is -2.40. The van der Waals surface area contributed by atoms with Gasteiger partial charge in [0.15, 0.2) is 0 Å². The highest BCUT2D eigenvalue weighted by Gasteiger charge is 2.39. The molecule has 0 saturated carbocycles. The summed E-state index contributed by atoms with van der Waals surface area (Å²) in [5, 5.41) is 0. The zero-order valence-electron chi connectivity index (χ0n) is 14.7. The van der Waals surface area contributed by atoms with E-state index < -0.39 is 0 Å². The zero-order valence-corrected chi connectivity index (χ0v) is 15.6. The maximum Gasteiger partial charge on any atom is 0.268 e.